The van der Waals surface area contributed by atoms with E-state index in [1.54, 1.807) is 11.3 Å². The summed E-state index contributed by atoms with van der Waals surface area (Å²) in [4.78, 5) is 13.3. The van der Waals surface area contributed by atoms with Crippen molar-refractivity contribution in [3.05, 3.63) is 50.6 Å². The van der Waals surface area contributed by atoms with Crippen molar-refractivity contribution in [2.24, 2.45) is 0 Å². The molecule has 2 rings (SSSR count). The highest BCUT2D eigenvalue weighted by molar-refractivity contribution is 9.11. The fourth-order valence-electron chi connectivity index (χ4n) is 1.98. The van der Waals surface area contributed by atoms with Crippen LogP contribution in [0.4, 0.5) is 5.69 Å². The second-order valence-corrected chi connectivity index (χ2v) is 7.71. The Morgan fingerprint density at radius 1 is 1.19 bits per heavy atom. The van der Waals surface area contributed by atoms with Gasteiger partial charge in [0.25, 0.3) is 5.91 Å². The number of amides is 1. The van der Waals surface area contributed by atoms with Gasteiger partial charge in [0.2, 0.25) is 0 Å². The summed E-state index contributed by atoms with van der Waals surface area (Å²) in [6.45, 7) is 6.02. The maximum absolute atomic E-state index is 12.0. The summed E-state index contributed by atoms with van der Waals surface area (Å²) in [5, 5.41) is 6.33. The molecule has 1 atom stereocenters. The van der Waals surface area contributed by atoms with Gasteiger partial charge in [-0.1, -0.05) is 6.07 Å². The van der Waals surface area contributed by atoms with Gasteiger partial charge >= 0.3 is 0 Å². The quantitative estimate of drug-likeness (QED) is 0.795. The zero-order chi connectivity index (χ0) is 15.4. The van der Waals surface area contributed by atoms with E-state index >= 15 is 0 Å². The van der Waals surface area contributed by atoms with Crippen LogP contribution in [0.25, 0.3) is 0 Å². The predicted octanol–water partition coefficient (Wildman–Crippen LogP) is 4.82. The number of halogens is 1. The minimum Gasteiger partial charge on any atom is -0.378 e. The van der Waals surface area contributed by atoms with Gasteiger partial charge in [-0.3, -0.25) is 4.79 Å². The van der Waals surface area contributed by atoms with Gasteiger partial charge in [-0.2, -0.15) is 0 Å². The van der Waals surface area contributed by atoms with Crippen LogP contribution in [0.3, 0.4) is 0 Å². The van der Waals surface area contributed by atoms with Crippen LogP contribution >= 0.6 is 27.3 Å². The molecule has 1 aromatic carbocycles. The average Bonchev–Trinajstić information content (AvgIpc) is 2.85. The first-order valence-corrected chi connectivity index (χ1v) is 8.49. The van der Waals surface area contributed by atoms with Gasteiger partial charge in [-0.05, 0) is 67.0 Å². The van der Waals surface area contributed by atoms with E-state index in [1.165, 1.54) is 4.88 Å². The van der Waals surface area contributed by atoms with Crippen molar-refractivity contribution in [3.63, 3.8) is 0 Å². The lowest BCUT2D eigenvalue weighted by atomic mass is 10.1. The molecule has 0 aliphatic heterocycles. The molecule has 3 nitrogen and oxygen atoms in total. The molecule has 5 heteroatoms. The van der Waals surface area contributed by atoms with Crippen LogP contribution in [-0.2, 0) is 0 Å². The van der Waals surface area contributed by atoms with Gasteiger partial charge in [0.1, 0.15) is 0 Å². The first kappa shape index (κ1) is 16.0. The van der Waals surface area contributed by atoms with Crippen molar-refractivity contribution < 1.29 is 4.79 Å². The molecule has 1 amide bonds. The molecule has 0 saturated heterocycles. The number of carbonyl (C=O) groups is 1. The van der Waals surface area contributed by atoms with Crippen LogP contribution in [0.15, 0.2) is 40.2 Å². The number of hydrogen-bond acceptors (Lipinski definition) is 3. The molecular weight excluding hydrogens is 348 g/mol. The van der Waals surface area contributed by atoms with Gasteiger partial charge in [0.15, 0.2) is 0 Å². The van der Waals surface area contributed by atoms with Gasteiger partial charge in [0.05, 0.1) is 9.83 Å². The van der Waals surface area contributed by atoms with Gasteiger partial charge in [-0.25, -0.2) is 0 Å². The van der Waals surface area contributed by atoms with Crippen molar-refractivity contribution in [1.82, 2.24) is 5.32 Å². The smallest absolute Gasteiger partial charge is 0.251 e. The van der Waals surface area contributed by atoms with E-state index in [0.717, 1.165) is 9.47 Å². The fourth-order valence-corrected chi connectivity index (χ4v) is 3.40. The topological polar surface area (TPSA) is 41.1 Å². The first-order valence-electron chi connectivity index (χ1n) is 6.88. The summed E-state index contributed by atoms with van der Waals surface area (Å²) in [7, 11) is 0. The molecule has 0 bridgehead atoms. The molecule has 0 aliphatic carbocycles. The minimum atomic E-state index is -0.0415. The maximum atomic E-state index is 12.0. The third kappa shape index (κ3) is 4.58. The Bertz CT molecular complexity index is 624. The van der Waals surface area contributed by atoms with E-state index in [0.29, 0.717) is 5.56 Å². The van der Waals surface area contributed by atoms with Crippen molar-refractivity contribution in [1.29, 1.82) is 0 Å². The number of hydrogen-bond donors (Lipinski definition) is 2. The maximum Gasteiger partial charge on any atom is 0.251 e. The molecule has 21 heavy (non-hydrogen) atoms. The second kappa shape index (κ2) is 7.09. The molecule has 0 aliphatic rings. The summed E-state index contributed by atoms with van der Waals surface area (Å²) in [5.74, 6) is -0.0415. The van der Waals surface area contributed by atoms with Crippen LogP contribution in [0, 0.1) is 0 Å². The zero-order valence-corrected chi connectivity index (χ0v) is 14.7. The SMILES string of the molecule is CC(C)NC(=O)c1cccc(NC(C)c2ccc(Br)s2)c1. The summed E-state index contributed by atoms with van der Waals surface area (Å²) in [6, 6.07) is 12.1. The Kier molecular flexibility index (Phi) is 5.42. The molecule has 0 spiro atoms. The van der Waals surface area contributed by atoms with E-state index < -0.39 is 0 Å². The van der Waals surface area contributed by atoms with Crippen molar-refractivity contribution in [3.8, 4) is 0 Å². The van der Waals surface area contributed by atoms with E-state index in [9.17, 15) is 4.79 Å². The number of benzene rings is 1. The van der Waals surface area contributed by atoms with E-state index in [1.807, 2.05) is 44.2 Å². The number of thiophene rings is 1. The van der Waals surface area contributed by atoms with Gasteiger partial charge in [0, 0.05) is 22.2 Å². The minimum absolute atomic E-state index is 0.0415. The predicted molar refractivity (Wildman–Crippen MR) is 93.1 cm³/mol. The molecular formula is C16H19BrN2OS. The number of nitrogens with one attached hydrogen (secondary N) is 2. The molecule has 1 heterocycles. The first-order chi connectivity index (χ1) is 9.95. The zero-order valence-electron chi connectivity index (χ0n) is 12.3. The van der Waals surface area contributed by atoms with E-state index in [-0.39, 0.29) is 18.0 Å². The monoisotopic (exact) mass is 366 g/mol. The highest BCUT2D eigenvalue weighted by atomic mass is 79.9. The number of rotatable bonds is 5. The third-order valence-corrected chi connectivity index (χ3v) is 4.75. The summed E-state index contributed by atoms with van der Waals surface area (Å²) in [5.41, 5.74) is 1.62. The number of anilines is 1. The summed E-state index contributed by atoms with van der Waals surface area (Å²) >= 11 is 5.19. The van der Waals surface area contributed by atoms with E-state index in [4.69, 9.17) is 0 Å². The lowest BCUT2D eigenvalue weighted by Crippen LogP contribution is -2.30. The van der Waals surface area contributed by atoms with Crippen LogP contribution in [-0.4, -0.2) is 11.9 Å². The Labute approximate surface area is 137 Å². The van der Waals surface area contributed by atoms with Gasteiger partial charge in [-0.15, -0.1) is 11.3 Å². The van der Waals surface area contributed by atoms with Crippen molar-refractivity contribution >= 4 is 38.9 Å². The molecule has 112 valence electrons. The highest BCUT2D eigenvalue weighted by Crippen LogP contribution is 2.29. The molecule has 1 unspecified atom stereocenters. The summed E-state index contributed by atoms with van der Waals surface area (Å²) < 4.78 is 1.12. The van der Waals surface area contributed by atoms with Crippen LogP contribution < -0.4 is 10.6 Å². The van der Waals surface area contributed by atoms with Crippen LogP contribution in [0.1, 0.15) is 42.0 Å². The Morgan fingerprint density at radius 3 is 2.57 bits per heavy atom. The third-order valence-electron chi connectivity index (χ3n) is 2.95. The molecule has 0 radical (unpaired) electrons. The Balaban J connectivity index is 2.09. The Morgan fingerprint density at radius 2 is 1.95 bits per heavy atom. The van der Waals surface area contributed by atoms with Crippen molar-refractivity contribution in [2.75, 3.05) is 5.32 Å². The van der Waals surface area contributed by atoms with Gasteiger partial charge < -0.3 is 10.6 Å². The molecule has 0 saturated carbocycles. The Hall–Kier alpha value is -1.33. The van der Waals surface area contributed by atoms with Crippen LogP contribution in [0.2, 0.25) is 0 Å². The normalized spacial score (nSPS) is 12.2. The standard InChI is InChI=1S/C16H19BrN2OS/c1-10(2)18-16(20)12-5-4-6-13(9-12)19-11(3)14-7-8-15(17)21-14/h4-11,19H,1-3H3,(H,18,20). The average molecular weight is 367 g/mol. The lowest BCUT2D eigenvalue weighted by molar-refractivity contribution is 0.0943. The van der Waals surface area contributed by atoms with E-state index in [2.05, 4.69) is 39.6 Å². The molecule has 2 N–H and O–H groups in total. The second-order valence-electron chi connectivity index (χ2n) is 5.22. The number of carbonyl (C=O) groups excluding carboxylic acids is 1. The summed E-state index contributed by atoms with van der Waals surface area (Å²) in [6.07, 6.45) is 0. The van der Waals surface area contributed by atoms with Crippen LogP contribution in [0.5, 0.6) is 0 Å². The molecule has 2 aromatic rings. The molecule has 1 aromatic heterocycles. The largest absolute Gasteiger partial charge is 0.378 e. The molecule has 0 fully saturated rings. The fraction of sp³-hybridized carbons (Fsp3) is 0.312. The van der Waals surface area contributed by atoms with Crippen molar-refractivity contribution in [2.45, 2.75) is 32.9 Å². The lowest BCUT2D eigenvalue weighted by Gasteiger charge is -2.15. The highest BCUT2D eigenvalue weighted by Gasteiger charge is 2.10.